The predicted molar refractivity (Wildman–Crippen MR) is 69.8 cm³/mol. The van der Waals surface area contributed by atoms with Gasteiger partial charge in [-0.25, -0.2) is 12.8 Å². The van der Waals surface area contributed by atoms with Crippen molar-refractivity contribution in [3.63, 3.8) is 0 Å². The van der Waals surface area contributed by atoms with E-state index < -0.39 is 26.5 Å². The monoisotopic (exact) mass is 274 g/mol. The average molecular weight is 274 g/mol. The maximum absolute atomic E-state index is 13.9. The van der Waals surface area contributed by atoms with Gasteiger partial charge < -0.3 is 5.11 Å². The molecule has 1 aromatic carbocycles. The first-order valence-electron chi connectivity index (χ1n) is 5.62. The molecule has 18 heavy (non-hydrogen) atoms. The quantitative estimate of drug-likeness (QED) is 0.920. The van der Waals surface area contributed by atoms with Crippen molar-refractivity contribution in [2.75, 3.05) is 6.26 Å². The summed E-state index contributed by atoms with van der Waals surface area (Å²) < 4.78 is 35.8. The zero-order valence-corrected chi connectivity index (χ0v) is 12.1. The summed E-state index contributed by atoms with van der Waals surface area (Å²) in [7, 11) is -3.51. The number of hydrogen-bond acceptors (Lipinski definition) is 3. The van der Waals surface area contributed by atoms with Crippen LogP contribution in [-0.2, 0) is 9.84 Å². The molecule has 1 atom stereocenters. The minimum absolute atomic E-state index is 0.0519. The van der Waals surface area contributed by atoms with Gasteiger partial charge in [0.25, 0.3) is 0 Å². The molecule has 0 aliphatic heterocycles. The van der Waals surface area contributed by atoms with Crippen molar-refractivity contribution in [3.8, 4) is 0 Å². The van der Waals surface area contributed by atoms with Crippen LogP contribution in [0, 0.1) is 19.7 Å². The molecule has 1 rings (SSSR count). The van der Waals surface area contributed by atoms with Gasteiger partial charge in [0.1, 0.15) is 11.9 Å². The van der Waals surface area contributed by atoms with Crippen molar-refractivity contribution in [3.05, 3.63) is 34.6 Å². The predicted octanol–water partition coefficient (Wildman–Crippen LogP) is 2.30. The standard InChI is InChI=1S/C13H19FO3S/c1-8-6-9(2)11(10(14)7-8)12(15)13(3,4)18(5,16)17/h6-7,12,15H,1-5H3. The molecular weight excluding hydrogens is 255 g/mol. The average Bonchev–Trinajstić information content (AvgIpc) is 2.13. The summed E-state index contributed by atoms with van der Waals surface area (Å²) in [5, 5.41) is 10.2. The number of benzene rings is 1. The van der Waals surface area contributed by atoms with E-state index in [4.69, 9.17) is 0 Å². The number of rotatable bonds is 3. The number of sulfone groups is 1. The summed E-state index contributed by atoms with van der Waals surface area (Å²) in [6.45, 7) is 6.19. The van der Waals surface area contributed by atoms with E-state index >= 15 is 0 Å². The van der Waals surface area contributed by atoms with Gasteiger partial charge in [-0.15, -0.1) is 0 Å². The highest BCUT2D eigenvalue weighted by atomic mass is 32.2. The molecule has 0 saturated carbocycles. The van der Waals surface area contributed by atoms with E-state index in [2.05, 4.69) is 0 Å². The van der Waals surface area contributed by atoms with Crippen molar-refractivity contribution in [1.29, 1.82) is 0 Å². The number of aryl methyl sites for hydroxylation is 2. The third kappa shape index (κ3) is 2.57. The van der Waals surface area contributed by atoms with E-state index in [0.717, 1.165) is 11.8 Å². The van der Waals surface area contributed by atoms with Gasteiger partial charge in [-0.1, -0.05) is 6.07 Å². The minimum atomic E-state index is -3.51. The van der Waals surface area contributed by atoms with Crippen LogP contribution in [0.5, 0.6) is 0 Å². The van der Waals surface area contributed by atoms with Crippen molar-refractivity contribution in [2.24, 2.45) is 0 Å². The fourth-order valence-corrected chi connectivity index (χ4v) is 2.35. The molecule has 0 saturated heterocycles. The van der Waals surface area contributed by atoms with E-state index in [9.17, 15) is 17.9 Å². The molecule has 0 bridgehead atoms. The normalized spacial score (nSPS) is 14.6. The smallest absolute Gasteiger partial charge is 0.155 e. The van der Waals surface area contributed by atoms with E-state index in [1.54, 1.807) is 19.9 Å². The van der Waals surface area contributed by atoms with E-state index in [1.807, 2.05) is 0 Å². The van der Waals surface area contributed by atoms with Crippen LogP contribution in [0.4, 0.5) is 4.39 Å². The van der Waals surface area contributed by atoms with Crippen LogP contribution in [-0.4, -0.2) is 24.5 Å². The highest BCUT2D eigenvalue weighted by Gasteiger charge is 2.40. The number of aliphatic hydroxyl groups excluding tert-OH is 1. The molecule has 1 N–H and O–H groups in total. The summed E-state index contributed by atoms with van der Waals surface area (Å²) in [6, 6.07) is 3.02. The van der Waals surface area contributed by atoms with Gasteiger partial charge >= 0.3 is 0 Å². The maximum Gasteiger partial charge on any atom is 0.155 e. The van der Waals surface area contributed by atoms with Crippen LogP contribution in [0.25, 0.3) is 0 Å². The van der Waals surface area contributed by atoms with Gasteiger partial charge in [0.2, 0.25) is 0 Å². The number of aliphatic hydroxyl groups is 1. The van der Waals surface area contributed by atoms with Gasteiger partial charge in [-0.2, -0.15) is 0 Å². The van der Waals surface area contributed by atoms with Crippen LogP contribution in [0.3, 0.4) is 0 Å². The summed E-state index contributed by atoms with van der Waals surface area (Å²) in [4.78, 5) is 0. The fourth-order valence-electron chi connectivity index (χ4n) is 1.82. The second kappa shape index (κ2) is 4.63. The van der Waals surface area contributed by atoms with Gasteiger partial charge in [0, 0.05) is 11.8 Å². The Hall–Kier alpha value is -0.940. The van der Waals surface area contributed by atoms with Crippen LogP contribution in [0.2, 0.25) is 0 Å². The molecule has 1 unspecified atom stereocenters. The van der Waals surface area contributed by atoms with Crippen molar-refractivity contribution >= 4 is 9.84 Å². The van der Waals surface area contributed by atoms with Gasteiger partial charge in [0.15, 0.2) is 9.84 Å². The molecule has 1 aromatic rings. The largest absolute Gasteiger partial charge is 0.387 e. The Morgan fingerprint density at radius 3 is 2.17 bits per heavy atom. The van der Waals surface area contributed by atoms with E-state index in [0.29, 0.717) is 5.56 Å². The lowest BCUT2D eigenvalue weighted by Crippen LogP contribution is -2.38. The topological polar surface area (TPSA) is 54.4 Å². The Kier molecular flexibility index (Phi) is 3.89. The first kappa shape index (κ1) is 15.1. The second-order valence-corrected chi connectivity index (χ2v) is 7.85. The molecule has 0 radical (unpaired) electrons. The van der Waals surface area contributed by atoms with Gasteiger partial charge in [-0.05, 0) is 44.9 Å². The fraction of sp³-hybridized carbons (Fsp3) is 0.538. The SMILES string of the molecule is Cc1cc(C)c(C(O)C(C)(C)S(C)(=O)=O)c(F)c1. The molecular formula is C13H19FO3S. The molecule has 5 heteroatoms. The zero-order valence-electron chi connectivity index (χ0n) is 11.3. The van der Waals surface area contributed by atoms with Crippen LogP contribution < -0.4 is 0 Å². The first-order chi connectivity index (χ1) is 7.98. The van der Waals surface area contributed by atoms with Crippen molar-refractivity contribution < 1.29 is 17.9 Å². The Balaban J connectivity index is 3.41. The number of halogens is 1. The minimum Gasteiger partial charge on any atom is -0.387 e. The highest BCUT2D eigenvalue weighted by molar-refractivity contribution is 7.92. The summed E-state index contributed by atoms with van der Waals surface area (Å²) in [5.41, 5.74) is 1.34. The van der Waals surface area contributed by atoms with Crippen LogP contribution in [0.15, 0.2) is 12.1 Å². The lowest BCUT2D eigenvalue weighted by atomic mass is 9.93. The molecule has 0 amide bonds. The molecule has 0 aliphatic carbocycles. The first-order valence-corrected chi connectivity index (χ1v) is 7.52. The third-order valence-electron chi connectivity index (χ3n) is 3.37. The molecule has 3 nitrogen and oxygen atoms in total. The van der Waals surface area contributed by atoms with Crippen LogP contribution in [0.1, 0.15) is 36.6 Å². The zero-order chi connectivity index (χ0) is 14.3. The molecule has 0 heterocycles. The van der Waals surface area contributed by atoms with Crippen LogP contribution >= 0.6 is 0 Å². The van der Waals surface area contributed by atoms with E-state index in [1.165, 1.54) is 19.9 Å². The molecule has 0 aromatic heterocycles. The van der Waals surface area contributed by atoms with Gasteiger partial charge in [-0.3, -0.25) is 0 Å². The molecule has 0 aliphatic rings. The summed E-state index contributed by atoms with van der Waals surface area (Å²) >= 11 is 0. The molecule has 0 fully saturated rings. The van der Waals surface area contributed by atoms with Crippen molar-refractivity contribution in [2.45, 2.75) is 38.5 Å². The Morgan fingerprint density at radius 2 is 1.78 bits per heavy atom. The van der Waals surface area contributed by atoms with E-state index in [-0.39, 0.29) is 5.56 Å². The highest BCUT2D eigenvalue weighted by Crippen LogP contribution is 2.35. The Bertz CT molecular complexity index is 539. The second-order valence-electron chi connectivity index (χ2n) is 5.26. The molecule has 0 spiro atoms. The lowest BCUT2D eigenvalue weighted by molar-refractivity contribution is 0.134. The number of hydrogen-bond donors (Lipinski definition) is 1. The van der Waals surface area contributed by atoms with Gasteiger partial charge in [0.05, 0.1) is 4.75 Å². The Morgan fingerprint density at radius 1 is 1.28 bits per heavy atom. The summed E-state index contributed by atoms with van der Waals surface area (Å²) in [6.07, 6.45) is -0.356. The maximum atomic E-state index is 13.9. The summed E-state index contributed by atoms with van der Waals surface area (Å²) in [5.74, 6) is -0.572. The third-order valence-corrected chi connectivity index (χ3v) is 5.50. The molecule has 102 valence electrons. The Labute approximate surface area is 108 Å². The van der Waals surface area contributed by atoms with Crippen molar-refractivity contribution in [1.82, 2.24) is 0 Å². The lowest BCUT2D eigenvalue weighted by Gasteiger charge is -2.30.